The van der Waals surface area contributed by atoms with Crippen LogP contribution < -0.4 is 10.6 Å². The van der Waals surface area contributed by atoms with E-state index in [-0.39, 0.29) is 17.2 Å². The maximum Gasteiger partial charge on any atom is 0.240 e. The first kappa shape index (κ1) is 20.1. The molecule has 1 aliphatic rings. The van der Waals surface area contributed by atoms with Crippen LogP contribution in [-0.2, 0) is 21.4 Å². The SMILES string of the molecule is CC(C)(C)c1ccccc1NC(=O)C1(C(=O)NCCCc2ccccc2)CC1. The Labute approximate surface area is 167 Å². The van der Waals surface area contributed by atoms with E-state index in [2.05, 4.69) is 43.5 Å². The maximum atomic E-state index is 12.9. The summed E-state index contributed by atoms with van der Waals surface area (Å²) in [6.45, 7) is 6.93. The van der Waals surface area contributed by atoms with Gasteiger partial charge in [0.2, 0.25) is 11.8 Å². The van der Waals surface area contributed by atoms with E-state index < -0.39 is 5.41 Å². The predicted octanol–water partition coefficient (Wildman–Crippen LogP) is 4.45. The van der Waals surface area contributed by atoms with Crippen LogP contribution in [0.3, 0.4) is 0 Å². The van der Waals surface area contributed by atoms with Crippen molar-refractivity contribution in [2.45, 2.75) is 51.9 Å². The van der Waals surface area contributed by atoms with Crippen molar-refractivity contribution in [2.24, 2.45) is 5.41 Å². The second kappa shape index (κ2) is 8.17. The molecule has 148 valence electrons. The van der Waals surface area contributed by atoms with Gasteiger partial charge in [0.25, 0.3) is 0 Å². The van der Waals surface area contributed by atoms with Gasteiger partial charge in [0.15, 0.2) is 0 Å². The zero-order valence-corrected chi connectivity index (χ0v) is 17.0. The molecule has 0 unspecified atom stereocenters. The number of rotatable bonds is 7. The first-order valence-corrected chi connectivity index (χ1v) is 10.1. The topological polar surface area (TPSA) is 58.2 Å². The van der Waals surface area contributed by atoms with Crippen molar-refractivity contribution in [1.82, 2.24) is 5.32 Å². The molecule has 3 rings (SSSR count). The number of hydrogen-bond donors (Lipinski definition) is 2. The second-order valence-corrected chi connectivity index (χ2v) is 8.68. The Morgan fingerprint density at radius 1 is 0.929 bits per heavy atom. The Balaban J connectivity index is 1.56. The van der Waals surface area contributed by atoms with Crippen molar-refractivity contribution < 1.29 is 9.59 Å². The average molecular weight is 379 g/mol. The minimum Gasteiger partial charge on any atom is -0.355 e. The molecule has 1 saturated carbocycles. The molecular formula is C24H30N2O2. The number of aryl methyl sites for hydroxylation is 1. The Morgan fingerprint density at radius 2 is 1.57 bits per heavy atom. The minimum atomic E-state index is -0.905. The summed E-state index contributed by atoms with van der Waals surface area (Å²) in [5.41, 5.74) is 2.14. The van der Waals surface area contributed by atoms with Crippen LogP contribution >= 0.6 is 0 Å². The number of anilines is 1. The second-order valence-electron chi connectivity index (χ2n) is 8.68. The quantitative estimate of drug-likeness (QED) is 0.552. The van der Waals surface area contributed by atoms with Crippen molar-refractivity contribution in [1.29, 1.82) is 0 Å². The van der Waals surface area contributed by atoms with Crippen molar-refractivity contribution in [3.8, 4) is 0 Å². The highest BCUT2D eigenvalue weighted by molar-refractivity contribution is 6.13. The van der Waals surface area contributed by atoms with Crippen molar-refractivity contribution in [3.63, 3.8) is 0 Å². The van der Waals surface area contributed by atoms with E-state index in [0.29, 0.717) is 19.4 Å². The van der Waals surface area contributed by atoms with Crippen LogP contribution in [0.2, 0.25) is 0 Å². The Hall–Kier alpha value is -2.62. The van der Waals surface area contributed by atoms with Gasteiger partial charge in [-0.25, -0.2) is 0 Å². The summed E-state index contributed by atoms with van der Waals surface area (Å²) >= 11 is 0. The van der Waals surface area contributed by atoms with Crippen LogP contribution in [0.4, 0.5) is 5.69 Å². The fraction of sp³-hybridized carbons (Fsp3) is 0.417. The molecule has 0 bridgehead atoms. The summed E-state index contributed by atoms with van der Waals surface area (Å²) in [6.07, 6.45) is 3.00. The number of amides is 2. The average Bonchev–Trinajstić information content (AvgIpc) is 3.48. The highest BCUT2D eigenvalue weighted by atomic mass is 16.2. The van der Waals surface area contributed by atoms with Gasteiger partial charge in [0.05, 0.1) is 0 Å². The number of carbonyl (C=O) groups excluding carboxylic acids is 2. The van der Waals surface area contributed by atoms with Crippen LogP contribution in [0.25, 0.3) is 0 Å². The van der Waals surface area contributed by atoms with Gasteiger partial charge in [-0.15, -0.1) is 0 Å². The molecule has 0 radical (unpaired) electrons. The smallest absolute Gasteiger partial charge is 0.240 e. The van der Waals surface area contributed by atoms with E-state index in [9.17, 15) is 9.59 Å². The zero-order valence-electron chi connectivity index (χ0n) is 17.0. The zero-order chi connectivity index (χ0) is 20.2. The fourth-order valence-corrected chi connectivity index (χ4v) is 3.48. The lowest BCUT2D eigenvalue weighted by molar-refractivity contribution is -0.134. The lowest BCUT2D eigenvalue weighted by atomic mass is 9.85. The van der Waals surface area contributed by atoms with E-state index in [4.69, 9.17) is 0 Å². The third-order valence-electron chi connectivity index (χ3n) is 5.37. The third kappa shape index (κ3) is 4.61. The molecule has 28 heavy (non-hydrogen) atoms. The number of nitrogens with one attached hydrogen (secondary N) is 2. The number of hydrogen-bond acceptors (Lipinski definition) is 2. The van der Waals surface area contributed by atoms with Gasteiger partial charge in [-0.2, -0.15) is 0 Å². The summed E-state index contributed by atoms with van der Waals surface area (Å²) in [5, 5.41) is 5.98. The van der Waals surface area contributed by atoms with Crippen LogP contribution in [0, 0.1) is 5.41 Å². The van der Waals surface area contributed by atoms with E-state index in [0.717, 1.165) is 24.1 Å². The molecule has 1 fully saturated rings. The van der Waals surface area contributed by atoms with Crippen LogP contribution in [0.15, 0.2) is 54.6 Å². The molecule has 2 N–H and O–H groups in total. The molecule has 0 saturated heterocycles. The number of para-hydroxylation sites is 1. The first-order chi connectivity index (χ1) is 13.3. The molecule has 2 amide bonds. The summed E-state index contributed by atoms with van der Waals surface area (Å²) in [6, 6.07) is 18.0. The van der Waals surface area contributed by atoms with E-state index in [1.54, 1.807) is 0 Å². The van der Waals surface area contributed by atoms with Crippen LogP contribution in [0.1, 0.15) is 51.2 Å². The van der Waals surface area contributed by atoms with Gasteiger partial charge in [-0.05, 0) is 48.3 Å². The molecule has 4 heteroatoms. The molecule has 0 aromatic heterocycles. The number of carbonyl (C=O) groups is 2. The van der Waals surface area contributed by atoms with Gasteiger partial charge >= 0.3 is 0 Å². The minimum absolute atomic E-state index is 0.0831. The molecule has 2 aromatic rings. The molecule has 4 nitrogen and oxygen atoms in total. The largest absolute Gasteiger partial charge is 0.355 e. The van der Waals surface area contributed by atoms with Gasteiger partial charge in [-0.1, -0.05) is 69.3 Å². The highest BCUT2D eigenvalue weighted by Gasteiger charge is 2.56. The predicted molar refractivity (Wildman–Crippen MR) is 113 cm³/mol. The summed E-state index contributed by atoms with van der Waals surface area (Å²) in [7, 11) is 0. The van der Waals surface area contributed by atoms with Gasteiger partial charge in [0.1, 0.15) is 5.41 Å². The standard InChI is InChI=1S/C24H30N2O2/c1-23(2,3)19-13-7-8-14-20(19)26-22(28)24(15-16-24)21(27)25-17-9-12-18-10-5-4-6-11-18/h4-8,10-11,13-14H,9,12,15-17H2,1-3H3,(H,25,27)(H,26,28). The Bertz CT molecular complexity index is 833. The summed E-state index contributed by atoms with van der Waals surface area (Å²) in [4.78, 5) is 25.6. The van der Waals surface area contributed by atoms with Crippen LogP contribution in [-0.4, -0.2) is 18.4 Å². The molecular weight excluding hydrogens is 348 g/mol. The molecule has 1 aliphatic carbocycles. The Morgan fingerprint density at radius 3 is 2.21 bits per heavy atom. The molecule has 0 atom stereocenters. The van der Waals surface area contributed by atoms with E-state index in [1.165, 1.54) is 5.56 Å². The maximum absolute atomic E-state index is 12.9. The fourth-order valence-electron chi connectivity index (χ4n) is 3.48. The normalized spacial score (nSPS) is 15.0. The summed E-state index contributed by atoms with van der Waals surface area (Å²) in [5.74, 6) is -0.337. The first-order valence-electron chi connectivity index (χ1n) is 10.1. The monoisotopic (exact) mass is 378 g/mol. The van der Waals surface area contributed by atoms with Gasteiger partial charge in [0, 0.05) is 12.2 Å². The number of benzene rings is 2. The van der Waals surface area contributed by atoms with Crippen molar-refractivity contribution in [2.75, 3.05) is 11.9 Å². The third-order valence-corrected chi connectivity index (χ3v) is 5.37. The van der Waals surface area contributed by atoms with Gasteiger partial charge in [-0.3, -0.25) is 9.59 Å². The molecule has 0 heterocycles. The van der Waals surface area contributed by atoms with Crippen molar-refractivity contribution >= 4 is 17.5 Å². The van der Waals surface area contributed by atoms with Crippen molar-refractivity contribution in [3.05, 3.63) is 65.7 Å². The highest BCUT2D eigenvalue weighted by Crippen LogP contribution is 2.47. The lowest BCUT2D eigenvalue weighted by Gasteiger charge is -2.24. The molecule has 0 spiro atoms. The summed E-state index contributed by atoms with van der Waals surface area (Å²) < 4.78 is 0. The van der Waals surface area contributed by atoms with E-state index in [1.807, 2.05) is 42.5 Å². The molecule has 0 aliphatic heterocycles. The lowest BCUT2D eigenvalue weighted by Crippen LogP contribution is -2.40. The Kier molecular flexibility index (Phi) is 5.87. The van der Waals surface area contributed by atoms with Gasteiger partial charge < -0.3 is 10.6 Å². The van der Waals surface area contributed by atoms with E-state index >= 15 is 0 Å². The van der Waals surface area contributed by atoms with Crippen LogP contribution in [0.5, 0.6) is 0 Å². The molecule has 2 aromatic carbocycles.